The van der Waals surface area contributed by atoms with Gasteiger partial charge in [0.25, 0.3) is 0 Å². The molecule has 0 amide bonds. The van der Waals surface area contributed by atoms with Gasteiger partial charge in [0, 0.05) is 23.8 Å². The van der Waals surface area contributed by atoms with Crippen LogP contribution in [0.3, 0.4) is 0 Å². The van der Waals surface area contributed by atoms with E-state index in [9.17, 15) is 4.39 Å². The first-order valence-corrected chi connectivity index (χ1v) is 7.57. The molecule has 1 saturated heterocycles. The Bertz CT molecular complexity index is 619. The fourth-order valence-electron chi connectivity index (χ4n) is 2.97. The van der Waals surface area contributed by atoms with Crippen molar-refractivity contribution in [3.05, 3.63) is 58.9 Å². The minimum absolute atomic E-state index is 0.236. The average Bonchev–Trinajstić information content (AvgIpc) is 2.48. The first-order chi connectivity index (χ1) is 10.1. The molecule has 1 aliphatic rings. The van der Waals surface area contributed by atoms with Gasteiger partial charge in [-0.1, -0.05) is 23.7 Å². The van der Waals surface area contributed by atoms with Gasteiger partial charge in [-0.2, -0.15) is 0 Å². The van der Waals surface area contributed by atoms with Gasteiger partial charge in [0.15, 0.2) is 0 Å². The molecule has 2 aromatic carbocycles. The van der Waals surface area contributed by atoms with E-state index in [0.717, 1.165) is 31.0 Å². The molecule has 0 unspecified atom stereocenters. The second kappa shape index (κ2) is 5.94. The summed E-state index contributed by atoms with van der Waals surface area (Å²) in [7, 11) is 0. The highest BCUT2D eigenvalue weighted by atomic mass is 35.5. The van der Waals surface area contributed by atoms with E-state index < -0.39 is 0 Å². The van der Waals surface area contributed by atoms with Crippen LogP contribution in [0.5, 0.6) is 0 Å². The third kappa shape index (κ3) is 3.13. The number of halogens is 2. The lowest BCUT2D eigenvalue weighted by molar-refractivity contribution is 0.497. The van der Waals surface area contributed by atoms with Crippen LogP contribution in [-0.4, -0.2) is 13.1 Å². The molecule has 0 atom stereocenters. The highest BCUT2D eigenvalue weighted by Crippen LogP contribution is 2.32. The summed E-state index contributed by atoms with van der Waals surface area (Å²) in [5.74, 6) is 0.287. The Morgan fingerprint density at radius 2 is 1.71 bits per heavy atom. The van der Waals surface area contributed by atoms with E-state index in [2.05, 4.69) is 17.0 Å². The molecule has 2 nitrogen and oxygen atoms in total. The summed E-state index contributed by atoms with van der Waals surface area (Å²) in [6, 6.07) is 13.0. The normalized spacial score (nSPS) is 16.2. The molecule has 0 aromatic heterocycles. The quantitative estimate of drug-likeness (QED) is 0.831. The summed E-state index contributed by atoms with van der Waals surface area (Å²) < 4.78 is 14.0. The van der Waals surface area contributed by atoms with Crippen LogP contribution in [0.4, 0.5) is 15.8 Å². The standard InChI is InChI=1S/C17H18ClFN2/c18-14-3-1-12(2-4-14)13-7-9-21(10-8-13)17-6-5-15(20)11-16(17)19/h1-6,11,13H,7-10,20H2. The maximum absolute atomic E-state index is 14.0. The summed E-state index contributed by atoms with van der Waals surface area (Å²) in [5.41, 5.74) is 8.03. The van der Waals surface area contributed by atoms with E-state index in [1.54, 1.807) is 12.1 Å². The Hall–Kier alpha value is -1.74. The van der Waals surface area contributed by atoms with Crippen LogP contribution < -0.4 is 10.6 Å². The summed E-state index contributed by atoms with van der Waals surface area (Å²) >= 11 is 5.92. The number of benzene rings is 2. The largest absolute Gasteiger partial charge is 0.399 e. The summed E-state index contributed by atoms with van der Waals surface area (Å²) in [5, 5.41) is 0.764. The fraction of sp³-hybridized carbons (Fsp3) is 0.294. The summed E-state index contributed by atoms with van der Waals surface area (Å²) in [6.07, 6.45) is 2.04. The van der Waals surface area contributed by atoms with Gasteiger partial charge in [0.05, 0.1) is 5.69 Å². The molecule has 4 heteroatoms. The Balaban J connectivity index is 1.68. The van der Waals surface area contributed by atoms with Gasteiger partial charge < -0.3 is 10.6 Å². The second-order valence-corrected chi connectivity index (χ2v) is 5.96. The predicted octanol–water partition coefficient (Wildman–Crippen LogP) is 4.45. The van der Waals surface area contributed by atoms with Gasteiger partial charge in [0.2, 0.25) is 0 Å². The van der Waals surface area contributed by atoms with Crippen molar-refractivity contribution in [3.8, 4) is 0 Å². The van der Waals surface area contributed by atoms with Crippen molar-refractivity contribution in [2.24, 2.45) is 0 Å². The number of piperidine rings is 1. The van der Waals surface area contributed by atoms with Gasteiger partial charge in [0.1, 0.15) is 5.82 Å². The minimum Gasteiger partial charge on any atom is -0.399 e. The molecule has 0 spiro atoms. The van der Waals surface area contributed by atoms with Crippen LogP contribution in [0.2, 0.25) is 5.02 Å². The van der Waals surface area contributed by atoms with E-state index in [1.165, 1.54) is 11.6 Å². The molecular weight excluding hydrogens is 287 g/mol. The van der Waals surface area contributed by atoms with E-state index in [0.29, 0.717) is 17.3 Å². The maximum Gasteiger partial charge on any atom is 0.148 e. The third-order valence-electron chi connectivity index (χ3n) is 4.15. The first-order valence-electron chi connectivity index (χ1n) is 7.19. The minimum atomic E-state index is -0.236. The SMILES string of the molecule is Nc1ccc(N2CCC(c3ccc(Cl)cc3)CC2)c(F)c1. The number of rotatable bonds is 2. The molecule has 1 fully saturated rings. The Morgan fingerprint density at radius 3 is 2.33 bits per heavy atom. The van der Waals surface area contributed by atoms with Crippen LogP contribution in [0.25, 0.3) is 0 Å². The molecule has 2 N–H and O–H groups in total. The highest BCUT2D eigenvalue weighted by Gasteiger charge is 2.22. The van der Waals surface area contributed by atoms with Crippen molar-refractivity contribution in [1.29, 1.82) is 0 Å². The van der Waals surface area contributed by atoms with Gasteiger partial charge >= 0.3 is 0 Å². The van der Waals surface area contributed by atoms with E-state index in [1.807, 2.05) is 12.1 Å². The van der Waals surface area contributed by atoms with Crippen molar-refractivity contribution in [2.75, 3.05) is 23.7 Å². The number of anilines is 2. The molecule has 1 heterocycles. The zero-order valence-corrected chi connectivity index (χ0v) is 12.5. The van der Waals surface area contributed by atoms with E-state index >= 15 is 0 Å². The van der Waals surface area contributed by atoms with Crippen LogP contribution in [0.1, 0.15) is 24.3 Å². The Kier molecular flexibility index (Phi) is 4.02. The zero-order valence-electron chi connectivity index (χ0n) is 11.7. The topological polar surface area (TPSA) is 29.3 Å². The molecule has 3 rings (SSSR count). The predicted molar refractivity (Wildman–Crippen MR) is 86.5 cm³/mol. The summed E-state index contributed by atoms with van der Waals surface area (Å²) in [4.78, 5) is 2.10. The third-order valence-corrected chi connectivity index (χ3v) is 4.40. The molecule has 21 heavy (non-hydrogen) atoms. The molecule has 0 bridgehead atoms. The molecule has 110 valence electrons. The molecule has 2 aromatic rings. The lowest BCUT2D eigenvalue weighted by Gasteiger charge is -2.34. The van der Waals surface area contributed by atoms with Gasteiger partial charge in [-0.05, 0) is 54.7 Å². The van der Waals surface area contributed by atoms with E-state index in [-0.39, 0.29) is 5.82 Å². The van der Waals surface area contributed by atoms with Crippen molar-refractivity contribution in [3.63, 3.8) is 0 Å². The van der Waals surface area contributed by atoms with Gasteiger partial charge in [-0.15, -0.1) is 0 Å². The van der Waals surface area contributed by atoms with Crippen LogP contribution in [0.15, 0.2) is 42.5 Å². The number of hydrogen-bond acceptors (Lipinski definition) is 2. The maximum atomic E-state index is 14.0. The van der Waals surface area contributed by atoms with Crippen molar-refractivity contribution >= 4 is 23.0 Å². The number of nitrogens with zero attached hydrogens (tertiary/aromatic N) is 1. The molecule has 0 aliphatic carbocycles. The van der Waals surface area contributed by atoms with Crippen LogP contribution in [0, 0.1) is 5.82 Å². The fourth-order valence-corrected chi connectivity index (χ4v) is 3.09. The smallest absolute Gasteiger partial charge is 0.148 e. The summed E-state index contributed by atoms with van der Waals surface area (Å²) in [6.45, 7) is 1.71. The van der Waals surface area contributed by atoms with Gasteiger partial charge in [-0.3, -0.25) is 0 Å². The number of hydrogen-bond donors (Lipinski definition) is 1. The van der Waals surface area contributed by atoms with Crippen LogP contribution in [-0.2, 0) is 0 Å². The second-order valence-electron chi connectivity index (χ2n) is 5.52. The average molecular weight is 305 g/mol. The lowest BCUT2D eigenvalue weighted by atomic mass is 9.89. The van der Waals surface area contributed by atoms with Crippen molar-refractivity contribution in [2.45, 2.75) is 18.8 Å². The van der Waals surface area contributed by atoms with E-state index in [4.69, 9.17) is 17.3 Å². The lowest BCUT2D eigenvalue weighted by Crippen LogP contribution is -2.33. The number of nitrogen functional groups attached to an aromatic ring is 1. The monoisotopic (exact) mass is 304 g/mol. The van der Waals surface area contributed by atoms with Crippen LogP contribution >= 0.6 is 11.6 Å². The van der Waals surface area contributed by atoms with Crippen molar-refractivity contribution in [1.82, 2.24) is 0 Å². The first kappa shape index (κ1) is 14.2. The zero-order chi connectivity index (χ0) is 14.8. The molecular formula is C17H18ClFN2. The molecule has 1 aliphatic heterocycles. The molecule has 0 saturated carbocycles. The Labute approximate surface area is 129 Å². The van der Waals surface area contributed by atoms with Crippen molar-refractivity contribution < 1.29 is 4.39 Å². The van der Waals surface area contributed by atoms with Gasteiger partial charge in [-0.25, -0.2) is 4.39 Å². The highest BCUT2D eigenvalue weighted by molar-refractivity contribution is 6.30. The Morgan fingerprint density at radius 1 is 1.05 bits per heavy atom. The number of nitrogens with two attached hydrogens (primary N) is 1. The molecule has 0 radical (unpaired) electrons.